The Morgan fingerprint density at radius 1 is 1.38 bits per heavy atom. The zero-order valence-corrected chi connectivity index (χ0v) is 9.45. The molecule has 0 aliphatic rings. The van der Waals surface area contributed by atoms with Crippen LogP contribution in [0, 0.1) is 13.8 Å². The number of aryl methyl sites for hydroxylation is 2. The van der Waals surface area contributed by atoms with Gasteiger partial charge in [-0.1, -0.05) is 0 Å². The third-order valence-corrected chi connectivity index (χ3v) is 2.74. The summed E-state index contributed by atoms with van der Waals surface area (Å²) in [5, 5.41) is 1.05. The normalized spacial score (nSPS) is 10.4. The minimum Gasteiger partial charge on any atom is -0.238 e. The van der Waals surface area contributed by atoms with E-state index in [1.165, 1.54) is 0 Å². The van der Waals surface area contributed by atoms with Gasteiger partial charge in [0, 0.05) is 17.3 Å². The third kappa shape index (κ3) is 3.96. The summed E-state index contributed by atoms with van der Waals surface area (Å²) in [5.41, 5.74) is 1.03. The van der Waals surface area contributed by atoms with Crippen LogP contribution in [0.15, 0.2) is 11.1 Å². The SMILES string of the molecule is Cc1cc(SCCCCl)nc(C)n1. The highest BCUT2D eigenvalue weighted by atomic mass is 35.5. The molecule has 0 unspecified atom stereocenters. The van der Waals surface area contributed by atoms with Gasteiger partial charge in [-0.2, -0.15) is 0 Å². The topological polar surface area (TPSA) is 25.8 Å². The fourth-order valence-corrected chi connectivity index (χ4v) is 2.23. The van der Waals surface area contributed by atoms with Crippen LogP contribution >= 0.6 is 23.4 Å². The van der Waals surface area contributed by atoms with Crippen LogP contribution in [0.25, 0.3) is 0 Å². The molecule has 1 heterocycles. The standard InChI is InChI=1S/C9H13ClN2S/c1-7-6-9(12-8(2)11-7)13-5-3-4-10/h6H,3-5H2,1-2H3. The van der Waals surface area contributed by atoms with Gasteiger partial charge in [0.15, 0.2) is 0 Å². The Kier molecular flexibility index (Phi) is 4.53. The number of hydrogen-bond donors (Lipinski definition) is 0. The lowest BCUT2D eigenvalue weighted by Crippen LogP contribution is -1.93. The molecule has 1 aromatic rings. The first-order valence-electron chi connectivity index (χ1n) is 4.23. The maximum absolute atomic E-state index is 5.58. The lowest BCUT2D eigenvalue weighted by Gasteiger charge is -2.01. The summed E-state index contributed by atoms with van der Waals surface area (Å²) in [6, 6.07) is 2.01. The van der Waals surface area contributed by atoms with Crippen LogP contribution in [0.4, 0.5) is 0 Å². The monoisotopic (exact) mass is 216 g/mol. The van der Waals surface area contributed by atoms with Crippen LogP contribution in [0.5, 0.6) is 0 Å². The quantitative estimate of drug-likeness (QED) is 0.335. The molecule has 0 N–H and O–H groups in total. The molecule has 0 radical (unpaired) electrons. The van der Waals surface area contributed by atoms with E-state index in [1.807, 2.05) is 19.9 Å². The summed E-state index contributed by atoms with van der Waals surface area (Å²) in [4.78, 5) is 8.53. The molecular formula is C9H13ClN2S. The Morgan fingerprint density at radius 2 is 2.15 bits per heavy atom. The molecule has 0 saturated heterocycles. The largest absolute Gasteiger partial charge is 0.238 e. The van der Waals surface area contributed by atoms with Gasteiger partial charge < -0.3 is 0 Å². The average Bonchev–Trinajstić information content (AvgIpc) is 2.03. The molecule has 0 fully saturated rings. The first-order chi connectivity index (χ1) is 6.22. The minimum atomic E-state index is 0.718. The van der Waals surface area contributed by atoms with Crippen molar-refractivity contribution in [3.8, 4) is 0 Å². The van der Waals surface area contributed by atoms with Crippen molar-refractivity contribution in [3.05, 3.63) is 17.6 Å². The number of nitrogens with zero attached hydrogens (tertiary/aromatic N) is 2. The van der Waals surface area contributed by atoms with Crippen LogP contribution in [-0.4, -0.2) is 21.6 Å². The van der Waals surface area contributed by atoms with Gasteiger partial charge in [0.2, 0.25) is 0 Å². The maximum Gasteiger partial charge on any atom is 0.126 e. The second kappa shape index (κ2) is 5.45. The average molecular weight is 217 g/mol. The van der Waals surface area contributed by atoms with Crippen molar-refractivity contribution in [1.82, 2.24) is 9.97 Å². The highest BCUT2D eigenvalue weighted by molar-refractivity contribution is 7.99. The molecule has 0 aliphatic heterocycles. The van der Waals surface area contributed by atoms with Gasteiger partial charge in [-0.25, -0.2) is 9.97 Å². The Morgan fingerprint density at radius 3 is 2.77 bits per heavy atom. The molecule has 0 spiro atoms. The molecule has 0 bridgehead atoms. The summed E-state index contributed by atoms with van der Waals surface area (Å²) in [6.07, 6.45) is 1.02. The summed E-state index contributed by atoms with van der Waals surface area (Å²) >= 11 is 7.32. The van der Waals surface area contributed by atoms with Gasteiger partial charge in [-0.05, 0) is 26.3 Å². The Bertz CT molecular complexity index is 258. The third-order valence-electron chi connectivity index (χ3n) is 1.47. The van der Waals surface area contributed by atoms with E-state index < -0.39 is 0 Å². The molecule has 1 rings (SSSR count). The second-order valence-electron chi connectivity index (χ2n) is 2.79. The number of hydrogen-bond acceptors (Lipinski definition) is 3. The summed E-state index contributed by atoms with van der Waals surface area (Å²) < 4.78 is 0. The van der Waals surface area contributed by atoms with E-state index in [0.29, 0.717) is 0 Å². The van der Waals surface area contributed by atoms with Crippen molar-refractivity contribution in [1.29, 1.82) is 0 Å². The lowest BCUT2D eigenvalue weighted by atomic mass is 10.4. The summed E-state index contributed by atoms with van der Waals surface area (Å²) in [6.45, 7) is 3.90. The van der Waals surface area contributed by atoms with E-state index in [-0.39, 0.29) is 0 Å². The summed E-state index contributed by atoms with van der Waals surface area (Å²) in [7, 11) is 0. The minimum absolute atomic E-state index is 0.718. The molecule has 0 saturated carbocycles. The van der Waals surface area contributed by atoms with E-state index in [2.05, 4.69) is 9.97 Å². The van der Waals surface area contributed by atoms with Gasteiger partial charge in [-0.3, -0.25) is 0 Å². The van der Waals surface area contributed by atoms with E-state index in [1.54, 1.807) is 11.8 Å². The summed E-state index contributed by atoms with van der Waals surface area (Å²) in [5.74, 6) is 2.59. The Balaban J connectivity index is 2.56. The first kappa shape index (κ1) is 10.8. The zero-order chi connectivity index (χ0) is 9.68. The predicted octanol–water partition coefficient (Wildman–Crippen LogP) is 2.81. The van der Waals surface area contributed by atoms with Gasteiger partial charge in [0.05, 0.1) is 5.03 Å². The molecule has 4 heteroatoms. The van der Waals surface area contributed by atoms with Crippen molar-refractivity contribution < 1.29 is 0 Å². The number of rotatable bonds is 4. The number of aromatic nitrogens is 2. The molecule has 0 aliphatic carbocycles. The smallest absolute Gasteiger partial charge is 0.126 e. The highest BCUT2D eigenvalue weighted by Gasteiger charge is 1.98. The van der Waals surface area contributed by atoms with Crippen LogP contribution in [0.2, 0.25) is 0 Å². The highest BCUT2D eigenvalue weighted by Crippen LogP contribution is 2.16. The van der Waals surface area contributed by atoms with Gasteiger partial charge in [-0.15, -0.1) is 23.4 Å². The molecule has 72 valence electrons. The van der Waals surface area contributed by atoms with E-state index in [4.69, 9.17) is 11.6 Å². The molecule has 1 aromatic heterocycles. The van der Waals surface area contributed by atoms with Crippen LogP contribution < -0.4 is 0 Å². The fraction of sp³-hybridized carbons (Fsp3) is 0.556. The van der Waals surface area contributed by atoms with Crippen molar-refractivity contribution in [2.45, 2.75) is 25.3 Å². The molecule has 0 amide bonds. The molecular weight excluding hydrogens is 204 g/mol. The van der Waals surface area contributed by atoms with Crippen LogP contribution in [-0.2, 0) is 0 Å². The van der Waals surface area contributed by atoms with Crippen molar-refractivity contribution >= 4 is 23.4 Å². The Hall–Kier alpha value is -0.280. The van der Waals surface area contributed by atoms with Crippen molar-refractivity contribution in [2.75, 3.05) is 11.6 Å². The van der Waals surface area contributed by atoms with Crippen LogP contribution in [0.1, 0.15) is 17.9 Å². The van der Waals surface area contributed by atoms with Crippen LogP contribution in [0.3, 0.4) is 0 Å². The second-order valence-corrected chi connectivity index (χ2v) is 4.28. The first-order valence-corrected chi connectivity index (χ1v) is 5.75. The Labute approximate surface area is 88.1 Å². The molecule has 0 aromatic carbocycles. The molecule has 2 nitrogen and oxygen atoms in total. The van der Waals surface area contributed by atoms with E-state index >= 15 is 0 Å². The fourth-order valence-electron chi connectivity index (χ4n) is 0.988. The van der Waals surface area contributed by atoms with Crippen molar-refractivity contribution in [2.24, 2.45) is 0 Å². The zero-order valence-electron chi connectivity index (χ0n) is 7.88. The van der Waals surface area contributed by atoms with Gasteiger partial charge in [0.25, 0.3) is 0 Å². The number of alkyl halides is 1. The lowest BCUT2D eigenvalue weighted by molar-refractivity contribution is 0.934. The predicted molar refractivity (Wildman–Crippen MR) is 57.6 cm³/mol. The number of halogens is 1. The van der Waals surface area contributed by atoms with Gasteiger partial charge in [0.1, 0.15) is 5.82 Å². The number of thioether (sulfide) groups is 1. The maximum atomic E-state index is 5.58. The molecule has 13 heavy (non-hydrogen) atoms. The van der Waals surface area contributed by atoms with Gasteiger partial charge >= 0.3 is 0 Å². The molecule has 0 atom stereocenters. The van der Waals surface area contributed by atoms with E-state index in [9.17, 15) is 0 Å². The van der Waals surface area contributed by atoms with E-state index in [0.717, 1.165) is 34.6 Å². The van der Waals surface area contributed by atoms with Crippen molar-refractivity contribution in [3.63, 3.8) is 0 Å².